The van der Waals surface area contributed by atoms with E-state index in [4.69, 9.17) is 0 Å². The van der Waals surface area contributed by atoms with E-state index < -0.39 is 10.0 Å². The molecule has 2 amide bonds. The highest BCUT2D eigenvalue weighted by molar-refractivity contribution is 7.89. The van der Waals surface area contributed by atoms with Crippen LogP contribution in [0.3, 0.4) is 0 Å². The Bertz CT molecular complexity index is 1280. The summed E-state index contributed by atoms with van der Waals surface area (Å²) in [5.41, 5.74) is 2.97. The van der Waals surface area contributed by atoms with E-state index >= 15 is 0 Å². The first kappa shape index (κ1) is 24.6. The summed E-state index contributed by atoms with van der Waals surface area (Å²) in [4.78, 5) is 29.4. The fraction of sp³-hybridized carbons (Fsp3) is 0.259. The van der Waals surface area contributed by atoms with Gasteiger partial charge in [0, 0.05) is 43.9 Å². The van der Waals surface area contributed by atoms with Crippen molar-refractivity contribution >= 4 is 21.8 Å². The molecule has 0 unspecified atom stereocenters. The summed E-state index contributed by atoms with van der Waals surface area (Å²) in [7, 11) is -3.77. The predicted octanol–water partition coefficient (Wildman–Crippen LogP) is 3.33. The molecule has 0 radical (unpaired) electrons. The Kier molecular flexibility index (Phi) is 7.63. The highest BCUT2D eigenvalue weighted by atomic mass is 32.2. The van der Waals surface area contributed by atoms with Crippen LogP contribution in [0.1, 0.15) is 38.8 Å². The van der Waals surface area contributed by atoms with Gasteiger partial charge in [0.15, 0.2) is 0 Å². The van der Waals surface area contributed by atoms with Crippen molar-refractivity contribution in [1.82, 2.24) is 14.5 Å². The molecule has 0 spiro atoms. The van der Waals surface area contributed by atoms with Gasteiger partial charge in [-0.15, -0.1) is 0 Å². The Morgan fingerprint density at radius 2 is 1.34 bits per heavy atom. The maximum atomic E-state index is 13.1. The highest BCUT2D eigenvalue weighted by Crippen LogP contribution is 2.16. The Labute approximate surface area is 206 Å². The molecule has 3 aromatic carbocycles. The largest absolute Gasteiger partial charge is 0.335 e. The van der Waals surface area contributed by atoms with Crippen LogP contribution in [0.25, 0.3) is 0 Å². The highest BCUT2D eigenvalue weighted by Gasteiger charge is 2.26. The molecule has 0 saturated carbocycles. The number of rotatable bonds is 7. The van der Waals surface area contributed by atoms with Crippen LogP contribution in [0.15, 0.2) is 83.8 Å². The fourth-order valence-corrected chi connectivity index (χ4v) is 5.08. The summed E-state index contributed by atoms with van der Waals surface area (Å²) >= 11 is 0. The molecule has 1 heterocycles. The monoisotopic (exact) mass is 491 g/mol. The molecule has 7 nitrogen and oxygen atoms in total. The van der Waals surface area contributed by atoms with Gasteiger partial charge in [-0.3, -0.25) is 9.59 Å². The van der Waals surface area contributed by atoms with Crippen LogP contribution in [0.2, 0.25) is 0 Å². The van der Waals surface area contributed by atoms with Crippen LogP contribution >= 0.6 is 0 Å². The summed E-state index contributed by atoms with van der Waals surface area (Å²) in [6.45, 7) is 3.87. The van der Waals surface area contributed by atoms with Crippen molar-refractivity contribution in [1.29, 1.82) is 0 Å². The molecule has 1 fully saturated rings. The number of sulfonamides is 1. The number of carbonyl (C=O) groups is 2. The molecule has 182 valence electrons. The summed E-state index contributed by atoms with van der Waals surface area (Å²) < 4.78 is 28.1. The number of hydrogen-bond acceptors (Lipinski definition) is 4. The Balaban J connectivity index is 1.37. The quantitative estimate of drug-likeness (QED) is 0.549. The van der Waals surface area contributed by atoms with Crippen LogP contribution in [0.5, 0.6) is 0 Å². The summed E-state index contributed by atoms with van der Waals surface area (Å²) in [5, 5.41) is 0. The van der Waals surface area contributed by atoms with Crippen molar-refractivity contribution in [2.45, 2.75) is 24.8 Å². The Hall–Kier alpha value is -3.49. The molecule has 1 aliphatic heterocycles. The lowest BCUT2D eigenvalue weighted by molar-refractivity contribution is 0.0535. The molecule has 1 saturated heterocycles. The van der Waals surface area contributed by atoms with E-state index in [1.165, 1.54) is 17.7 Å². The van der Waals surface area contributed by atoms with Gasteiger partial charge in [-0.2, -0.15) is 0 Å². The van der Waals surface area contributed by atoms with E-state index in [1.807, 2.05) is 54.6 Å². The first-order valence-corrected chi connectivity index (χ1v) is 13.2. The second kappa shape index (κ2) is 10.8. The molecule has 0 atom stereocenters. The third-order valence-corrected chi connectivity index (χ3v) is 7.56. The number of benzene rings is 3. The minimum atomic E-state index is -3.77. The van der Waals surface area contributed by atoms with Gasteiger partial charge in [-0.25, -0.2) is 13.1 Å². The topological polar surface area (TPSA) is 86.8 Å². The van der Waals surface area contributed by atoms with Gasteiger partial charge >= 0.3 is 0 Å². The van der Waals surface area contributed by atoms with Gasteiger partial charge < -0.3 is 9.80 Å². The number of carbonyl (C=O) groups excluding carboxylic acids is 2. The number of amides is 2. The molecular formula is C27H29N3O4S. The molecule has 8 heteroatoms. The fourth-order valence-electron chi connectivity index (χ4n) is 4.01. The third kappa shape index (κ3) is 5.96. The number of nitrogens with one attached hydrogen (secondary N) is 1. The second-order valence-electron chi connectivity index (χ2n) is 8.47. The zero-order chi connectivity index (χ0) is 24.8. The second-order valence-corrected chi connectivity index (χ2v) is 10.2. The van der Waals surface area contributed by atoms with Crippen LogP contribution in [0.4, 0.5) is 0 Å². The first-order chi connectivity index (χ1) is 16.9. The van der Waals surface area contributed by atoms with Crippen molar-refractivity contribution in [3.8, 4) is 0 Å². The van der Waals surface area contributed by atoms with Gasteiger partial charge in [-0.1, -0.05) is 55.5 Å². The zero-order valence-corrected chi connectivity index (χ0v) is 20.5. The van der Waals surface area contributed by atoms with Crippen LogP contribution < -0.4 is 4.72 Å². The van der Waals surface area contributed by atoms with Crippen molar-refractivity contribution < 1.29 is 18.0 Å². The van der Waals surface area contributed by atoms with E-state index in [0.29, 0.717) is 37.3 Å². The smallest absolute Gasteiger partial charge is 0.254 e. The van der Waals surface area contributed by atoms with Gasteiger partial charge in [-0.05, 0) is 47.9 Å². The average molecular weight is 492 g/mol. The van der Waals surface area contributed by atoms with E-state index in [-0.39, 0.29) is 23.3 Å². The number of piperazine rings is 1. The lowest BCUT2D eigenvalue weighted by Crippen LogP contribution is -2.50. The molecule has 0 bridgehead atoms. The molecule has 1 N–H and O–H groups in total. The van der Waals surface area contributed by atoms with Crippen molar-refractivity contribution in [3.05, 3.63) is 101 Å². The SMILES string of the molecule is CCc1ccc(C(=O)N2CCN(C(=O)c3cccc(S(=O)(=O)NCc4ccccc4)c3)CC2)cc1. The van der Waals surface area contributed by atoms with E-state index in [0.717, 1.165) is 12.0 Å². The Morgan fingerprint density at radius 3 is 1.94 bits per heavy atom. The summed E-state index contributed by atoms with van der Waals surface area (Å²) in [5.74, 6) is -0.290. The standard InChI is InChI=1S/C27H29N3O4S/c1-2-21-11-13-23(14-12-21)26(31)29-15-17-30(18-16-29)27(32)24-9-6-10-25(19-24)35(33,34)28-20-22-7-4-3-5-8-22/h3-14,19,28H,2,15-18,20H2,1H3. The van der Waals surface area contributed by atoms with Crippen molar-refractivity contribution in [3.63, 3.8) is 0 Å². The maximum Gasteiger partial charge on any atom is 0.254 e. The summed E-state index contributed by atoms with van der Waals surface area (Å²) in [6, 6.07) is 22.9. The minimum Gasteiger partial charge on any atom is -0.335 e. The maximum absolute atomic E-state index is 13.1. The number of hydrogen-bond donors (Lipinski definition) is 1. The predicted molar refractivity (Wildman–Crippen MR) is 135 cm³/mol. The molecule has 4 rings (SSSR count). The van der Waals surface area contributed by atoms with Crippen LogP contribution in [0, 0.1) is 0 Å². The molecule has 1 aliphatic rings. The van der Waals surface area contributed by atoms with Gasteiger partial charge in [0.25, 0.3) is 11.8 Å². The van der Waals surface area contributed by atoms with Crippen LogP contribution in [-0.2, 0) is 23.0 Å². The normalized spacial score (nSPS) is 14.1. The number of nitrogens with zero attached hydrogens (tertiary/aromatic N) is 2. The molecule has 3 aromatic rings. The van der Waals surface area contributed by atoms with Gasteiger partial charge in [0.05, 0.1) is 4.90 Å². The average Bonchev–Trinajstić information content (AvgIpc) is 2.92. The van der Waals surface area contributed by atoms with E-state index in [9.17, 15) is 18.0 Å². The molecule has 0 aromatic heterocycles. The minimum absolute atomic E-state index is 0.0441. The lowest BCUT2D eigenvalue weighted by Gasteiger charge is -2.35. The Morgan fingerprint density at radius 1 is 0.743 bits per heavy atom. The third-order valence-electron chi connectivity index (χ3n) is 6.16. The number of aryl methyl sites for hydroxylation is 1. The molecule has 35 heavy (non-hydrogen) atoms. The van der Waals surface area contributed by atoms with Crippen molar-refractivity contribution in [2.75, 3.05) is 26.2 Å². The van der Waals surface area contributed by atoms with E-state index in [1.54, 1.807) is 21.9 Å². The van der Waals surface area contributed by atoms with E-state index in [2.05, 4.69) is 11.6 Å². The lowest BCUT2D eigenvalue weighted by atomic mass is 10.1. The van der Waals surface area contributed by atoms with Crippen LogP contribution in [-0.4, -0.2) is 56.2 Å². The van der Waals surface area contributed by atoms with Gasteiger partial charge in [0.2, 0.25) is 10.0 Å². The summed E-state index contributed by atoms with van der Waals surface area (Å²) in [6.07, 6.45) is 0.918. The van der Waals surface area contributed by atoms with Gasteiger partial charge in [0.1, 0.15) is 0 Å². The zero-order valence-electron chi connectivity index (χ0n) is 19.7. The first-order valence-electron chi connectivity index (χ1n) is 11.7. The molecule has 0 aliphatic carbocycles. The van der Waals surface area contributed by atoms with Crippen molar-refractivity contribution in [2.24, 2.45) is 0 Å². The molecular weight excluding hydrogens is 462 g/mol.